The summed E-state index contributed by atoms with van der Waals surface area (Å²) in [7, 11) is 0. The number of hydrogen-bond acceptors (Lipinski definition) is 2. The van der Waals surface area contributed by atoms with Crippen LogP contribution in [0.15, 0.2) is 41.4 Å². The van der Waals surface area contributed by atoms with Crippen LogP contribution in [0.4, 0.5) is 5.69 Å². The second-order valence-corrected chi connectivity index (χ2v) is 6.60. The average Bonchev–Trinajstić information content (AvgIpc) is 2.73. The highest BCUT2D eigenvalue weighted by Crippen LogP contribution is 2.36. The van der Waals surface area contributed by atoms with Crippen molar-refractivity contribution in [2.24, 2.45) is 0 Å². The van der Waals surface area contributed by atoms with E-state index in [1.165, 1.54) is 0 Å². The maximum absolute atomic E-state index is 12.9. The molecule has 2 aromatic carbocycles. The molecule has 0 radical (unpaired) electrons. The van der Waals surface area contributed by atoms with Crippen molar-refractivity contribution in [2.75, 3.05) is 4.90 Å². The first-order valence-corrected chi connectivity index (χ1v) is 8.12. The molecule has 2 aromatic rings. The molecule has 122 valence electrons. The van der Waals surface area contributed by atoms with Gasteiger partial charge in [0.25, 0.3) is 11.8 Å². The van der Waals surface area contributed by atoms with Crippen LogP contribution in [0.5, 0.6) is 0 Å². The lowest BCUT2D eigenvalue weighted by Crippen LogP contribution is -2.31. The lowest BCUT2D eigenvalue weighted by molar-refractivity contribution is -0.119. The Morgan fingerprint density at radius 3 is 2.12 bits per heavy atom. The minimum Gasteiger partial charge on any atom is -0.268 e. The number of anilines is 1. The van der Waals surface area contributed by atoms with Gasteiger partial charge < -0.3 is 0 Å². The van der Waals surface area contributed by atoms with Crippen LogP contribution in [0.3, 0.4) is 0 Å². The molecule has 0 atom stereocenters. The third kappa shape index (κ3) is 2.55. The van der Waals surface area contributed by atoms with Crippen molar-refractivity contribution in [2.45, 2.75) is 27.7 Å². The van der Waals surface area contributed by atoms with E-state index in [4.69, 9.17) is 11.6 Å². The number of amides is 2. The lowest BCUT2D eigenvalue weighted by atomic mass is 9.98. The Morgan fingerprint density at radius 1 is 0.792 bits per heavy atom. The highest BCUT2D eigenvalue weighted by atomic mass is 35.5. The van der Waals surface area contributed by atoms with Gasteiger partial charge in [-0.15, -0.1) is 0 Å². The summed E-state index contributed by atoms with van der Waals surface area (Å²) in [6.45, 7) is 7.83. The van der Waals surface area contributed by atoms with Crippen LogP contribution in [0.25, 0.3) is 5.57 Å². The summed E-state index contributed by atoms with van der Waals surface area (Å²) in [5.74, 6) is -0.847. The van der Waals surface area contributed by atoms with Crippen LogP contribution in [0, 0.1) is 27.7 Å². The van der Waals surface area contributed by atoms with Crippen LogP contribution in [-0.2, 0) is 9.59 Å². The molecule has 0 aliphatic carbocycles. The van der Waals surface area contributed by atoms with Gasteiger partial charge in [0.05, 0.1) is 11.3 Å². The van der Waals surface area contributed by atoms with Crippen molar-refractivity contribution in [1.82, 2.24) is 0 Å². The molecule has 1 aliphatic heterocycles. The molecule has 0 saturated carbocycles. The molecule has 0 unspecified atom stereocenters. The second kappa shape index (κ2) is 5.91. The first-order chi connectivity index (χ1) is 11.3. The quantitative estimate of drug-likeness (QED) is 0.758. The number of imide groups is 1. The van der Waals surface area contributed by atoms with Gasteiger partial charge in [0.15, 0.2) is 0 Å². The Kier molecular flexibility index (Phi) is 4.06. The fraction of sp³-hybridized carbons (Fsp3) is 0.200. The topological polar surface area (TPSA) is 37.4 Å². The summed E-state index contributed by atoms with van der Waals surface area (Å²) >= 11 is 6.25. The fourth-order valence-electron chi connectivity index (χ4n) is 2.93. The molecule has 2 amide bonds. The predicted octanol–water partition coefficient (Wildman–Crippen LogP) is 4.44. The number of aryl methyl sites for hydroxylation is 4. The van der Waals surface area contributed by atoms with E-state index in [0.29, 0.717) is 11.3 Å². The van der Waals surface area contributed by atoms with Crippen molar-refractivity contribution in [1.29, 1.82) is 0 Å². The van der Waals surface area contributed by atoms with E-state index in [1.54, 1.807) is 6.07 Å². The minimum atomic E-state index is -0.472. The monoisotopic (exact) mass is 339 g/mol. The molecule has 0 N–H and O–H groups in total. The van der Waals surface area contributed by atoms with E-state index in [0.717, 1.165) is 27.2 Å². The average molecular weight is 340 g/mol. The van der Waals surface area contributed by atoms with Crippen LogP contribution in [0.1, 0.15) is 27.8 Å². The first kappa shape index (κ1) is 16.5. The molecule has 0 spiro atoms. The summed E-state index contributed by atoms with van der Waals surface area (Å²) in [4.78, 5) is 26.7. The van der Waals surface area contributed by atoms with Gasteiger partial charge in [-0.25, -0.2) is 4.90 Å². The number of halogens is 1. The summed E-state index contributed by atoms with van der Waals surface area (Å²) in [6.07, 6.45) is 0. The molecule has 24 heavy (non-hydrogen) atoms. The molecule has 1 aliphatic rings. The van der Waals surface area contributed by atoms with Gasteiger partial charge in [-0.1, -0.05) is 41.4 Å². The minimum absolute atomic E-state index is 0.0230. The molecule has 3 nitrogen and oxygen atoms in total. The Bertz CT molecular complexity index is 912. The van der Waals surface area contributed by atoms with Crippen molar-refractivity contribution < 1.29 is 9.59 Å². The molecule has 0 bridgehead atoms. The number of benzene rings is 2. The Labute approximate surface area is 146 Å². The molecular formula is C20H18ClNO2. The number of carbonyl (C=O) groups excluding carboxylic acids is 2. The summed E-state index contributed by atoms with van der Waals surface area (Å²) < 4.78 is 0. The molecule has 3 rings (SSSR count). The molecule has 0 aromatic heterocycles. The molecule has 0 saturated heterocycles. The Hall–Kier alpha value is -2.39. The van der Waals surface area contributed by atoms with Crippen molar-refractivity contribution >= 4 is 34.7 Å². The van der Waals surface area contributed by atoms with Crippen molar-refractivity contribution in [3.63, 3.8) is 0 Å². The van der Waals surface area contributed by atoms with Gasteiger partial charge >= 0.3 is 0 Å². The summed E-state index contributed by atoms with van der Waals surface area (Å²) in [6, 6.07) is 11.2. The number of rotatable bonds is 2. The number of nitrogens with zero attached hydrogens (tertiary/aromatic N) is 1. The zero-order chi connectivity index (χ0) is 17.6. The second-order valence-electron chi connectivity index (χ2n) is 6.22. The Morgan fingerprint density at radius 2 is 1.50 bits per heavy atom. The van der Waals surface area contributed by atoms with Gasteiger partial charge in [-0.2, -0.15) is 0 Å². The molecule has 0 fully saturated rings. The highest BCUT2D eigenvalue weighted by molar-refractivity contribution is 6.60. The molecule has 4 heteroatoms. The first-order valence-electron chi connectivity index (χ1n) is 7.74. The van der Waals surface area contributed by atoms with E-state index in [-0.39, 0.29) is 16.5 Å². The van der Waals surface area contributed by atoms with Crippen LogP contribution in [0.2, 0.25) is 0 Å². The predicted molar refractivity (Wildman–Crippen MR) is 97.1 cm³/mol. The standard InChI is InChI=1S/C20H18ClNO2/c1-11-5-8-16(14(4)9-11)17-18(21)20(24)22(19(17)23)15-7-6-12(2)13(3)10-15/h5-10H,1-4H3. The van der Waals surface area contributed by atoms with E-state index in [9.17, 15) is 9.59 Å². The van der Waals surface area contributed by atoms with E-state index < -0.39 is 5.91 Å². The zero-order valence-electron chi connectivity index (χ0n) is 14.1. The largest absolute Gasteiger partial charge is 0.277 e. The number of carbonyl (C=O) groups is 2. The summed E-state index contributed by atoms with van der Waals surface area (Å²) in [5.41, 5.74) is 5.66. The maximum Gasteiger partial charge on any atom is 0.277 e. The third-order valence-corrected chi connectivity index (χ3v) is 4.78. The maximum atomic E-state index is 12.9. The SMILES string of the molecule is Cc1ccc(C2=C(Cl)C(=O)N(c3ccc(C)c(C)c3)C2=O)c(C)c1. The lowest BCUT2D eigenvalue weighted by Gasteiger charge is -2.16. The van der Waals surface area contributed by atoms with Gasteiger partial charge in [-0.3, -0.25) is 9.59 Å². The summed E-state index contributed by atoms with van der Waals surface area (Å²) in [5, 5.41) is -0.0230. The smallest absolute Gasteiger partial charge is 0.268 e. The van der Waals surface area contributed by atoms with Gasteiger partial charge in [0, 0.05) is 0 Å². The molecule has 1 heterocycles. The zero-order valence-corrected chi connectivity index (χ0v) is 14.9. The number of hydrogen-bond donors (Lipinski definition) is 0. The fourth-order valence-corrected chi connectivity index (χ4v) is 3.20. The van der Waals surface area contributed by atoms with E-state index >= 15 is 0 Å². The van der Waals surface area contributed by atoms with Crippen molar-refractivity contribution in [3.8, 4) is 0 Å². The molecular weight excluding hydrogens is 322 g/mol. The third-order valence-electron chi connectivity index (χ3n) is 4.43. The van der Waals surface area contributed by atoms with Gasteiger partial charge in [-0.05, 0) is 62.1 Å². The highest BCUT2D eigenvalue weighted by Gasteiger charge is 2.39. The normalized spacial score (nSPS) is 14.8. The van der Waals surface area contributed by atoms with Crippen LogP contribution < -0.4 is 4.90 Å². The van der Waals surface area contributed by atoms with Crippen molar-refractivity contribution in [3.05, 3.63) is 69.2 Å². The van der Waals surface area contributed by atoms with Gasteiger partial charge in [0.1, 0.15) is 5.03 Å². The van der Waals surface area contributed by atoms with E-state index in [2.05, 4.69) is 0 Å². The van der Waals surface area contributed by atoms with Gasteiger partial charge in [0.2, 0.25) is 0 Å². The van der Waals surface area contributed by atoms with Crippen LogP contribution in [-0.4, -0.2) is 11.8 Å². The Balaban J connectivity index is 2.09. The van der Waals surface area contributed by atoms with E-state index in [1.807, 2.05) is 58.0 Å². The van der Waals surface area contributed by atoms with Crippen LogP contribution >= 0.6 is 11.6 Å².